The Balaban J connectivity index is 2.09. The number of nitrogens with zero attached hydrogens (tertiary/aromatic N) is 2. The number of amides is 1. The Labute approximate surface area is 134 Å². The number of carbonyl (C=O) groups excluding carboxylic acids is 1. The molecule has 0 atom stereocenters. The summed E-state index contributed by atoms with van der Waals surface area (Å²) < 4.78 is 18.7. The molecule has 0 aliphatic carbocycles. The zero-order valence-electron chi connectivity index (χ0n) is 13.3. The van der Waals surface area contributed by atoms with Crippen molar-refractivity contribution in [2.45, 2.75) is 32.9 Å². The van der Waals surface area contributed by atoms with Gasteiger partial charge in [-0.3, -0.25) is 5.32 Å². The largest absolute Gasteiger partial charge is 0.444 e. The minimum Gasteiger partial charge on any atom is -0.444 e. The van der Waals surface area contributed by atoms with Crippen LogP contribution < -0.4 is 10.6 Å². The fourth-order valence-corrected chi connectivity index (χ4v) is 1.79. The Morgan fingerprint density at radius 1 is 1.26 bits per heavy atom. The van der Waals surface area contributed by atoms with Crippen LogP contribution in [0.2, 0.25) is 0 Å². The number of hydrogen-bond donors (Lipinski definition) is 2. The van der Waals surface area contributed by atoms with Gasteiger partial charge < -0.3 is 10.1 Å². The molecule has 0 bridgehead atoms. The molecule has 0 saturated carbocycles. The number of carbonyl (C=O) groups is 1. The SMILES string of the molecule is CC(C)(C)OC(=O)Nc1ccc(F)cc1NCc1ccncn1. The van der Waals surface area contributed by atoms with Crippen LogP contribution in [-0.4, -0.2) is 21.7 Å². The van der Waals surface area contributed by atoms with Crippen molar-refractivity contribution >= 4 is 17.5 Å². The van der Waals surface area contributed by atoms with Gasteiger partial charge in [-0.1, -0.05) is 0 Å². The molecule has 23 heavy (non-hydrogen) atoms. The van der Waals surface area contributed by atoms with E-state index < -0.39 is 17.5 Å². The number of anilines is 2. The van der Waals surface area contributed by atoms with Crippen LogP contribution in [0.15, 0.2) is 36.8 Å². The van der Waals surface area contributed by atoms with Crippen molar-refractivity contribution in [3.63, 3.8) is 0 Å². The zero-order valence-corrected chi connectivity index (χ0v) is 13.3. The smallest absolute Gasteiger partial charge is 0.412 e. The number of halogens is 1. The van der Waals surface area contributed by atoms with Crippen LogP contribution in [-0.2, 0) is 11.3 Å². The Morgan fingerprint density at radius 2 is 2.04 bits per heavy atom. The number of benzene rings is 1. The molecule has 0 aliphatic heterocycles. The molecule has 1 aromatic carbocycles. The normalized spacial score (nSPS) is 11.0. The lowest BCUT2D eigenvalue weighted by Gasteiger charge is -2.20. The van der Waals surface area contributed by atoms with Crippen molar-refractivity contribution in [2.75, 3.05) is 10.6 Å². The summed E-state index contributed by atoms with van der Waals surface area (Å²) in [5.74, 6) is -0.412. The molecular formula is C16H19FN4O2. The highest BCUT2D eigenvalue weighted by Gasteiger charge is 2.17. The molecule has 0 unspecified atom stereocenters. The minimum absolute atomic E-state index is 0.370. The maximum atomic E-state index is 13.5. The molecule has 122 valence electrons. The zero-order chi connectivity index (χ0) is 16.9. The summed E-state index contributed by atoms with van der Waals surface area (Å²) in [5.41, 5.74) is 0.996. The first-order valence-corrected chi connectivity index (χ1v) is 7.12. The predicted molar refractivity (Wildman–Crippen MR) is 85.6 cm³/mol. The maximum Gasteiger partial charge on any atom is 0.412 e. The Morgan fingerprint density at radius 3 is 2.70 bits per heavy atom. The summed E-state index contributed by atoms with van der Waals surface area (Å²) >= 11 is 0. The van der Waals surface area contributed by atoms with Crippen LogP contribution in [0, 0.1) is 5.82 Å². The predicted octanol–water partition coefficient (Wildman–Crippen LogP) is 3.57. The number of rotatable bonds is 4. The third-order valence-electron chi connectivity index (χ3n) is 2.72. The summed E-state index contributed by atoms with van der Waals surface area (Å²) in [6, 6.07) is 5.78. The van der Waals surface area contributed by atoms with Crippen molar-refractivity contribution in [1.82, 2.24) is 9.97 Å². The molecule has 1 amide bonds. The van der Waals surface area contributed by atoms with Gasteiger partial charge in [-0.05, 0) is 45.0 Å². The van der Waals surface area contributed by atoms with Crippen LogP contribution in [0.25, 0.3) is 0 Å². The Bertz CT molecular complexity index is 672. The minimum atomic E-state index is -0.612. The van der Waals surface area contributed by atoms with Crippen LogP contribution in [0.3, 0.4) is 0 Å². The highest BCUT2D eigenvalue weighted by molar-refractivity contribution is 5.89. The highest BCUT2D eigenvalue weighted by atomic mass is 19.1. The molecule has 2 N–H and O–H groups in total. The van der Waals surface area contributed by atoms with Crippen LogP contribution in [0.4, 0.5) is 20.6 Å². The molecule has 0 aliphatic rings. The summed E-state index contributed by atoms with van der Waals surface area (Å²) in [4.78, 5) is 19.8. The third-order valence-corrected chi connectivity index (χ3v) is 2.72. The fraction of sp³-hybridized carbons (Fsp3) is 0.312. The summed E-state index contributed by atoms with van der Waals surface area (Å²) in [6.45, 7) is 5.68. The summed E-state index contributed by atoms with van der Waals surface area (Å²) in [5, 5.41) is 5.65. The molecule has 0 fully saturated rings. The van der Waals surface area contributed by atoms with Gasteiger partial charge in [-0.2, -0.15) is 0 Å². The molecule has 2 rings (SSSR count). The molecular weight excluding hydrogens is 299 g/mol. The molecule has 1 aromatic heterocycles. The van der Waals surface area contributed by atoms with Crippen LogP contribution in [0.5, 0.6) is 0 Å². The molecule has 6 nitrogen and oxygen atoms in total. The quantitative estimate of drug-likeness (QED) is 0.901. The van der Waals surface area contributed by atoms with Crippen molar-refractivity contribution < 1.29 is 13.9 Å². The van der Waals surface area contributed by atoms with Crippen molar-refractivity contribution in [3.05, 3.63) is 48.3 Å². The lowest BCUT2D eigenvalue weighted by molar-refractivity contribution is 0.0636. The second kappa shape index (κ2) is 7.04. The number of aromatic nitrogens is 2. The monoisotopic (exact) mass is 318 g/mol. The van der Waals surface area contributed by atoms with E-state index in [4.69, 9.17) is 4.74 Å². The topological polar surface area (TPSA) is 76.1 Å². The Hall–Kier alpha value is -2.70. The molecule has 7 heteroatoms. The van der Waals surface area contributed by atoms with Gasteiger partial charge in [0.25, 0.3) is 0 Å². The van der Waals surface area contributed by atoms with Gasteiger partial charge in [0, 0.05) is 6.20 Å². The van der Waals surface area contributed by atoms with E-state index in [1.165, 1.54) is 24.5 Å². The van der Waals surface area contributed by atoms with E-state index in [1.54, 1.807) is 33.0 Å². The van der Waals surface area contributed by atoms with E-state index in [-0.39, 0.29) is 0 Å². The van der Waals surface area contributed by atoms with E-state index in [2.05, 4.69) is 20.6 Å². The first-order valence-electron chi connectivity index (χ1n) is 7.12. The van der Waals surface area contributed by atoms with Gasteiger partial charge in [0.2, 0.25) is 0 Å². The summed E-state index contributed by atoms with van der Waals surface area (Å²) in [7, 11) is 0. The van der Waals surface area contributed by atoms with E-state index in [0.29, 0.717) is 17.9 Å². The van der Waals surface area contributed by atoms with E-state index in [1.807, 2.05) is 0 Å². The van der Waals surface area contributed by atoms with Crippen molar-refractivity contribution in [3.8, 4) is 0 Å². The Kier molecular flexibility index (Phi) is 5.10. The second-order valence-corrected chi connectivity index (χ2v) is 5.87. The van der Waals surface area contributed by atoms with Gasteiger partial charge in [0.1, 0.15) is 17.7 Å². The standard InChI is InChI=1S/C16H19FN4O2/c1-16(2,3)23-15(22)21-13-5-4-11(17)8-14(13)19-9-12-6-7-18-10-20-12/h4-8,10,19H,9H2,1-3H3,(H,21,22). The maximum absolute atomic E-state index is 13.5. The second-order valence-electron chi connectivity index (χ2n) is 5.87. The average molecular weight is 318 g/mol. The van der Waals surface area contributed by atoms with Gasteiger partial charge in [0.15, 0.2) is 0 Å². The van der Waals surface area contributed by atoms with Crippen molar-refractivity contribution in [2.24, 2.45) is 0 Å². The van der Waals surface area contributed by atoms with Crippen molar-refractivity contribution in [1.29, 1.82) is 0 Å². The number of hydrogen-bond acceptors (Lipinski definition) is 5. The van der Waals surface area contributed by atoms with Crippen LogP contribution in [0.1, 0.15) is 26.5 Å². The first kappa shape index (κ1) is 16.7. The fourth-order valence-electron chi connectivity index (χ4n) is 1.79. The summed E-state index contributed by atoms with van der Waals surface area (Å²) in [6.07, 6.45) is 2.45. The first-order chi connectivity index (χ1) is 10.8. The van der Waals surface area contributed by atoms with Gasteiger partial charge in [-0.25, -0.2) is 19.2 Å². The van der Waals surface area contributed by atoms with E-state index in [9.17, 15) is 9.18 Å². The van der Waals surface area contributed by atoms with E-state index >= 15 is 0 Å². The van der Waals surface area contributed by atoms with Crippen LogP contribution >= 0.6 is 0 Å². The van der Waals surface area contributed by atoms with Gasteiger partial charge >= 0.3 is 6.09 Å². The highest BCUT2D eigenvalue weighted by Crippen LogP contribution is 2.24. The lowest BCUT2D eigenvalue weighted by atomic mass is 10.2. The van der Waals surface area contributed by atoms with E-state index in [0.717, 1.165) is 5.69 Å². The van der Waals surface area contributed by atoms with Gasteiger partial charge in [0.05, 0.1) is 23.6 Å². The lowest BCUT2D eigenvalue weighted by Crippen LogP contribution is -2.27. The third kappa shape index (κ3) is 5.54. The number of nitrogens with one attached hydrogen (secondary N) is 2. The molecule has 0 spiro atoms. The average Bonchev–Trinajstić information content (AvgIpc) is 2.46. The molecule has 2 aromatic rings. The number of ether oxygens (including phenoxy) is 1. The van der Waals surface area contributed by atoms with Gasteiger partial charge in [-0.15, -0.1) is 0 Å². The molecule has 0 saturated heterocycles. The molecule has 0 radical (unpaired) electrons. The molecule has 1 heterocycles.